The minimum Gasteiger partial charge on any atom is -0.381 e. The molecule has 0 bridgehead atoms. The lowest BCUT2D eigenvalue weighted by Gasteiger charge is -2.31. The fourth-order valence-electron chi connectivity index (χ4n) is 2.62. The van der Waals surface area contributed by atoms with E-state index in [0.29, 0.717) is 22.0 Å². The third-order valence-electron chi connectivity index (χ3n) is 3.93. The van der Waals surface area contributed by atoms with Gasteiger partial charge in [-0.15, -0.1) is 0 Å². The molecule has 1 fully saturated rings. The lowest BCUT2D eigenvalue weighted by atomic mass is 9.92. The number of nitrogens with one attached hydrogen (secondary N) is 1. The standard InChI is InChI=1S/C15H21Cl2NO/c1-10(12-5-7-19-8-6-12)18-11(2)13-3-4-14(16)15(17)9-13/h3-4,9-12,18H,5-8H2,1-2H3. The molecule has 2 rings (SSSR count). The average molecular weight is 302 g/mol. The molecule has 0 radical (unpaired) electrons. The molecular weight excluding hydrogens is 281 g/mol. The van der Waals surface area contributed by atoms with Crippen LogP contribution >= 0.6 is 23.2 Å². The summed E-state index contributed by atoms with van der Waals surface area (Å²) in [7, 11) is 0. The highest BCUT2D eigenvalue weighted by molar-refractivity contribution is 6.42. The van der Waals surface area contributed by atoms with Crippen molar-refractivity contribution < 1.29 is 4.74 Å². The van der Waals surface area contributed by atoms with Crippen LogP contribution in [0.1, 0.15) is 38.3 Å². The van der Waals surface area contributed by atoms with Crippen molar-refractivity contribution in [1.82, 2.24) is 5.32 Å². The molecule has 0 amide bonds. The van der Waals surface area contributed by atoms with Gasteiger partial charge in [-0.1, -0.05) is 29.3 Å². The number of hydrogen-bond acceptors (Lipinski definition) is 2. The molecule has 2 atom stereocenters. The Labute approximate surface area is 125 Å². The van der Waals surface area contributed by atoms with Crippen LogP contribution in [-0.2, 0) is 4.74 Å². The van der Waals surface area contributed by atoms with E-state index in [1.54, 1.807) is 0 Å². The summed E-state index contributed by atoms with van der Waals surface area (Å²) in [6.07, 6.45) is 2.28. The highest BCUT2D eigenvalue weighted by atomic mass is 35.5. The first kappa shape index (κ1) is 15.1. The number of ether oxygens (including phenoxy) is 1. The monoisotopic (exact) mass is 301 g/mol. The Balaban J connectivity index is 1.95. The summed E-state index contributed by atoms with van der Waals surface area (Å²) in [5.41, 5.74) is 1.17. The normalized spacial score (nSPS) is 20.2. The van der Waals surface area contributed by atoms with Gasteiger partial charge in [-0.2, -0.15) is 0 Å². The third-order valence-corrected chi connectivity index (χ3v) is 4.67. The van der Waals surface area contributed by atoms with Gasteiger partial charge in [-0.3, -0.25) is 0 Å². The summed E-state index contributed by atoms with van der Waals surface area (Å²) in [6.45, 7) is 6.19. The van der Waals surface area contributed by atoms with Crippen LogP contribution in [0.3, 0.4) is 0 Å². The maximum Gasteiger partial charge on any atom is 0.0595 e. The highest BCUT2D eigenvalue weighted by Gasteiger charge is 2.22. The largest absolute Gasteiger partial charge is 0.381 e. The Kier molecular flexibility index (Phi) is 5.52. The molecule has 1 aromatic carbocycles. The molecule has 1 N–H and O–H groups in total. The van der Waals surface area contributed by atoms with E-state index in [9.17, 15) is 0 Å². The summed E-state index contributed by atoms with van der Waals surface area (Å²) in [6, 6.07) is 6.58. The molecule has 2 unspecified atom stereocenters. The zero-order chi connectivity index (χ0) is 13.8. The fraction of sp³-hybridized carbons (Fsp3) is 0.600. The Hall–Kier alpha value is -0.280. The predicted molar refractivity (Wildman–Crippen MR) is 81.0 cm³/mol. The molecule has 4 heteroatoms. The van der Waals surface area contributed by atoms with Crippen molar-refractivity contribution >= 4 is 23.2 Å². The number of halogens is 2. The topological polar surface area (TPSA) is 21.3 Å². The van der Waals surface area contributed by atoms with Crippen molar-refractivity contribution in [1.29, 1.82) is 0 Å². The summed E-state index contributed by atoms with van der Waals surface area (Å²) in [5.74, 6) is 0.693. The van der Waals surface area contributed by atoms with Crippen LogP contribution in [0.2, 0.25) is 10.0 Å². The van der Waals surface area contributed by atoms with Gasteiger partial charge in [0.05, 0.1) is 10.0 Å². The van der Waals surface area contributed by atoms with Gasteiger partial charge < -0.3 is 10.1 Å². The molecule has 1 aliphatic heterocycles. The second kappa shape index (κ2) is 6.94. The average Bonchev–Trinajstić information content (AvgIpc) is 2.42. The predicted octanol–water partition coefficient (Wildman–Crippen LogP) is 4.46. The van der Waals surface area contributed by atoms with Gasteiger partial charge in [0.25, 0.3) is 0 Å². The Morgan fingerprint density at radius 1 is 1.16 bits per heavy atom. The van der Waals surface area contributed by atoms with Crippen molar-refractivity contribution in [2.75, 3.05) is 13.2 Å². The van der Waals surface area contributed by atoms with Crippen LogP contribution in [0.5, 0.6) is 0 Å². The van der Waals surface area contributed by atoms with E-state index in [1.807, 2.05) is 18.2 Å². The number of benzene rings is 1. The second-order valence-electron chi connectivity index (χ2n) is 5.30. The number of hydrogen-bond donors (Lipinski definition) is 1. The van der Waals surface area contributed by atoms with Gasteiger partial charge in [0.15, 0.2) is 0 Å². The van der Waals surface area contributed by atoms with Crippen LogP contribution in [0.15, 0.2) is 18.2 Å². The lowest BCUT2D eigenvalue weighted by Crippen LogP contribution is -2.38. The highest BCUT2D eigenvalue weighted by Crippen LogP contribution is 2.27. The maximum absolute atomic E-state index is 6.07. The van der Waals surface area contributed by atoms with Gasteiger partial charge in [0.1, 0.15) is 0 Å². The second-order valence-corrected chi connectivity index (χ2v) is 6.11. The minimum atomic E-state index is 0.271. The van der Waals surface area contributed by atoms with Crippen LogP contribution in [0.25, 0.3) is 0 Å². The molecule has 0 aliphatic carbocycles. The third kappa shape index (κ3) is 4.09. The Bertz CT molecular complexity index is 419. The molecule has 2 nitrogen and oxygen atoms in total. The maximum atomic E-state index is 6.07. The van der Waals surface area contributed by atoms with E-state index < -0.39 is 0 Å². The van der Waals surface area contributed by atoms with Crippen molar-refractivity contribution in [3.8, 4) is 0 Å². The van der Waals surface area contributed by atoms with E-state index in [0.717, 1.165) is 26.1 Å². The number of rotatable bonds is 4. The van der Waals surface area contributed by atoms with E-state index in [2.05, 4.69) is 19.2 Å². The van der Waals surface area contributed by atoms with Crippen LogP contribution in [0.4, 0.5) is 0 Å². The molecule has 1 aromatic rings. The molecule has 0 saturated carbocycles. The zero-order valence-corrected chi connectivity index (χ0v) is 13.0. The van der Waals surface area contributed by atoms with Crippen LogP contribution in [-0.4, -0.2) is 19.3 Å². The first-order valence-corrected chi connectivity index (χ1v) is 7.62. The molecule has 0 aromatic heterocycles. The first-order chi connectivity index (χ1) is 9.08. The summed E-state index contributed by atoms with van der Waals surface area (Å²) in [5, 5.41) is 4.88. The summed E-state index contributed by atoms with van der Waals surface area (Å²) in [4.78, 5) is 0. The van der Waals surface area contributed by atoms with E-state index in [1.165, 1.54) is 5.56 Å². The first-order valence-electron chi connectivity index (χ1n) is 6.86. The Morgan fingerprint density at radius 3 is 2.47 bits per heavy atom. The van der Waals surface area contributed by atoms with Gasteiger partial charge in [-0.05, 0) is 50.3 Å². The summed E-state index contributed by atoms with van der Waals surface area (Å²) < 4.78 is 5.41. The van der Waals surface area contributed by atoms with Gasteiger partial charge >= 0.3 is 0 Å². The summed E-state index contributed by atoms with van der Waals surface area (Å²) >= 11 is 12.0. The van der Waals surface area contributed by atoms with Crippen molar-refractivity contribution in [3.63, 3.8) is 0 Å². The fourth-order valence-corrected chi connectivity index (χ4v) is 2.93. The molecule has 1 saturated heterocycles. The van der Waals surface area contributed by atoms with E-state index >= 15 is 0 Å². The minimum absolute atomic E-state index is 0.271. The van der Waals surface area contributed by atoms with Gasteiger partial charge in [0.2, 0.25) is 0 Å². The van der Waals surface area contributed by atoms with E-state index in [-0.39, 0.29) is 6.04 Å². The molecule has 19 heavy (non-hydrogen) atoms. The Morgan fingerprint density at radius 2 is 1.84 bits per heavy atom. The smallest absolute Gasteiger partial charge is 0.0595 e. The zero-order valence-electron chi connectivity index (χ0n) is 11.5. The van der Waals surface area contributed by atoms with Crippen LogP contribution < -0.4 is 5.32 Å². The molecule has 106 valence electrons. The van der Waals surface area contributed by atoms with E-state index in [4.69, 9.17) is 27.9 Å². The lowest BCUT2D eigenvalue weighted by molar-refractivity contribution is 0.0547. The van der Waals surface area contributed by atoms with Gasteiger partial charge in [0, 0.05) is 25.3 Å². The van der Waals surface area contributed by atoms with Crippen molar-refractivity contribution in [2.45, 2.75) is 38.8 Å². The molecular formula is C15H21Cl2NO. The molecule has 0 spiro atoms. The van der Waals surface area contributed by atoms with Crippen molar-refractivity contribution in [2.24, 2.45) is 5.92 Å². The molecule has 1 aliphatic rings. The quantitative estimate of drug-likeness (QED) is 0.886. The SMILES string of the molecule is CC(NC(C)C1CCOCC1)c1ccc(Cl)c(Cl)c1. The van der Waals surface area contributed by atoms with Crippen molar-refractivity contribution in [3.05, 3.63) is 33.8 Å². The van der Waals surface area contributed by atoms with Gasteiger partial charge in [-0.25, -0.2) is 0 Å². The molecule has 1 heterocycles. The van der Waals surface area contributed by atoms with Crippen LogP contribution in [0, 0.1) is 5.92 Å².